The third-order valence-electron chi connectivity index (χ3n) is 3.02. The van der Waals surface area contributed by atoms with Crippen LogP contribution in [-0.4, -0.2) is 47.0 Å². The molecule has 0 aromatic rings. The molecule has 1 rings (SSSR count). The second-order valence-corrected chi connectivity index (χ2v) is 6.51. The number of hydrogen-bond acceptors (Lipinski definition) is 4. The van der Waals surface area contributed by atoms with Gasteiger partial charge in [0.2, 0.25) is 10.0 Å². The average molecular weight is 264 g/mol. The van der Waals surface area contributed by atoms with E-state index in [1.54, 1.807) is 7.11 Å². The van der Waals surface area contributed by atoms with Crippen molar-refractivity contribution in [3.63, 3.8) is 0 Å². The molecule has 0 radical (unpaired) electrons. The van der Waals surface area contributed by atoms with Crippen molar-refractivity contribution in [3.05, 3.63) is 0 Å². The fourth-order valence-corrected chi connectivity index (χ4v) is 3.44. The highest BCUT2D eigenvalue weighted by molar-refractivity contribution is 7.90. The maximum Gasteiger partial charge on any atom is 0.215 e. The fraction of sp³-hybridized carbons (Fsp3) is 1.00. The third kappa shape index (κ3) is 5.81. The van der Waals surface area contributed by atoms with Gasteiger partial charge in [-0.25, -0.2) is 13.1 Å². The van der Waals surface area contributed by atoms with E-state index >= 15 is 0 Å². The largest absolute Gasteiger partial charge is 0.385 e. The summed E-state index contributed by atoms with van der Waals surface area (Å²) in [5.41, 5.74) is 0. The fourth-order valence-electron chi connectivity index (χ4n) is 1.97. The Hall–Kier alpha value is -0.170. The Bertz CT molecular complexity index is 287. The lowest BCUT2D eigenvalue weighted by Crippen LogP contribution is -2.44. The van der Waals surface area contributed by atoms with Gasteiger partial charge in [-0.3, -0.25) is 0 Å². The average Bonchev–Trinajstić information content (AvgIpc) is 2.35. The van der Waals surface area contributed by atoms with Crippen LogP contribution < -0.4 is 10.0 Å². The molecule has 6 heteroatoms. The van der Waals surface area contributed by atoms with E-state index in [1.165, 1.54) is 0 Å². The van der Waals surface area contributed by atoms with Gasteiger partial charge in [0.25, 0.3) is 0 Å². The molecule has 17 heavy (non-hydrogen) atoms. The van der Waals surface area contributed by atoms with Crippen LogP contribution in [0.5, 0.6) is 0 Å². The Kier molecular flexibility index (Phi) is 7.03. The zero-order valence-corrected chi connectivity index (χ0v) is 11.4. The summed E-state index contributed by atoms with van der Waals surface area (Å²) >= 11 is 0. The van der Waals surface area contributed by atoms with Gasteiger partial charge in [0.15, 0.2) is 0 Å². The first-order valence-electron chi connectivity index (χ1n) is 6.35. The number of methoxy groups -OCH3 is 1. The van der Waals surface area contributed by atoms with Crippen molar-refractivity contribution < 1.29 is 13.2 Å². The van der Waals surface area contributed by atoms with Gasteiger partial charge in [-0.1, -0.05) is 0 Å². The molecule has 0 aromatic carbocycles. The predicted molar refractivity (Wildman–Crippen MR) is 68.5 cm³/mol. The van der Waals surface area contributed by atoms with Crippen molar-refractivity contribution in [2.75, 3.05) is 33.4 Å². The van der Waals surface area contributed by atoms with E-state index in [0.717, 1.165) is 45.3 Å². The molecular formula is C11H24N2O3S. The topological polar surface area (TPSA) is 67.4 Å². The van der Waals surface area contributed by atoms with E-state index in [-0.39, 0.29) is 5.25 Å². The van der Waals surface area contributed by atoms with Crippen LogP contribution in [0.25, 0.3) is 0 Å². The monoisotopic (exact) mass is 264 g/mol. The Labute approximate surface area is 104 Å². The van der Waals surface area contributed by atoms with Crippen LogP contribution in [0.2, 0.25) is 0 Å². The van der Waals surface area contributed by atoms with Crippen molar-refractivity contribution >= 4 is 10.0 Å². The predicted octanol–water partition coefficient (Wildman–Crippen LogP) is 0.475. The van der Waals surface area contributed by atoms with Crippen LogP contribution in [0, 0.1) is 0 Å². The van der Waals surface area contributed by atoms with E-state index in [1.807, 2.05) is 0 Å². The Morgan fingerprint density at radius 2 is 2.18 bits per heavy atom. The van der Waals surface area contributed by atoms with E-state index in [9.17, 15) is 8.42 Å². The second kappa shape index (κ2) is 8.02. The molecule has 0 aliphatic carbocycles. The van der Waals surface area contributed by atoms with Crippen LogP contribution in [0.15, 0.2) is 0 Å². The van der Waals surface area contributed by atoms with E-state index in [0.29, 0.717) is 13.1 Å². The van der Waals surface area contributed by atoms with Gasteiger partial charge in [0, 0.05) is 26.8 Å². The lowest BCUT2D eigenvalue weighted by Gasteiger charge is -2.22. The Morgan fingerprint density at radius 3 is 2.82 bits per heavy atom. The zero-order valence-electron chi connectivity index (χ0n) is 10.6. The molecule has 0 bridgehead atoms. The number of hydrogen-bond donors (Lipinski definition) is 2. The molecule has 2 N–H and O–H groups in total. The first kappa shape index (κ1) is 14.9. The van der Waals surface area contributed by atoms with Crippen molar-refractivity contribution in [1.82, 2.24) is 10.0 Å². The molecule has 0 aromatic heterocycles. The summed E-state index contributed by atoms with van der Waals surface area (Å²) in [6.07, 6.45) is 4.58. The molecule has 1 unspecified atom stereocenters. The number of sulfonamides is 1. The Morgan fingerprint density at radius 1 is 1.35 bits per heavy atom. The molecule has 0 spiro atoms. The molecule has 1 saturated heterocycles. The molecule has 1 fully saturated rings. The lowest BCUT2D eigenvalue weighted by molar-refractivity contribution is 0.192. The van der Waals surface area contributed by atoms with Crippen molar-refractivity contribution in [3.8, 4) is 0 Å². The molecule has 0 saturated carbocycles. The summed E-state index contributed by atoms with van der Waals surface area (Å²) in [4.78, 5) is 0. The van der Waals surface area contributed by atoms with Gasteiger partial charge in [-0.05, 0) is 38.6 Å². The van der Waals surface area contributed by atoms with E-state index < -0.39 is 10.0 Å². The summed E-state index contributed by atoms with van der Waals surface area (Å²) in [6.45, 7) is 2.81. The molecule has 0 amide bonds. The van der Waals surface area contributed by atoms with Crippen molar-refractivity contribution in [1.29, 1.82) is 0 Å². The van der Waals surface area contributed by atoms with Crippen LogP contribution in [0.4, 0.5) is 0 Å². The minimum absolute atomic E-state index is 0.254. The highest BCUT2D eigenvalue weighted by Crippen LogP contribution is 2.10. The number of ether oxygens (including phenoxy) is 1. The quantitative estimate of drug-likeness (QED) is 0.626. The van der Waals surface area contributed by atoms with Gasteiger partial charge in [-0.2, -0.15) is 0 Å². The number of nitrogens with one attached hydrogen (secondary N) is 2. The molecule has 102 valence electrons. The SMILES string of the molecule is COCCCCCNS(=O)(=O)C1CCCNC1. The van der Waals surface area contributed by atoms with Crippen molar-refractivity contribution in [2.24, 2.45) is 0 Å². The first-order chi connectivity index (χ1) is 8.17. The van der Waals surface area contributed by atoms with Crippen LogP contribution in [0.1, 0.15) is 32.1 Å². The highest BCUT2D eigenvalue weighted by Gasteiger charge is 2.26. The normalized spacial score (nSPS) is 21.6. The number of unbranched alkanes of at least 4 members (excludes halogenated alkanes) is 2. The molecule has 1 atom stereocenters. The smallest absolute Gasteiger partial charge is 0.215 e. The molecule has 1 heterocycles. The summed E-state index contributed by atoms with van der Waals surface area (Å²) < 4.78 is 31.4. The van der Waals surface area contributed by atoms with Crippen LogP contribution >= 0.6 is 0 Å². The van der Waals surface area contributed by atoms with Gasteiger partial charge in [0.1, 0.15) is 0 Å². The van der Waals surface area contributed by atoms with Gasteiger partial charge >= 0.3 is 0 Å². The standard InChI is InChI=1S/C11H24N2O3S/c1-16-9-4-2-3-8-13-17(14,15)11-6-5-7-12-10-11/h11-13H,2-10H2,1H3. The van der Waals surface area contributed by atoms with Crippen LogP contribution in [0.3, 0.4) is 0 Å². The van der Waals surface area contributed by atoms with E-state index in [2.05, 4.69) is 10.0 Å². The van der Waals surface area contributed by atoms with Gasteiger partial charge in [0.05, 0.1) is 5.25 Å². The zero-order chi connectivity index (χ0) is 12.6. The second-order valence-electron chi connectivity index (χ2n) is 4.46. The summed E-state index contributed by atoms with van der Waals surface area (Å²) in [5, 5.41) is 2.87. The maximum atomic E-state index is 11.9. The maximum absolute atomic E-state index is 11.9. The number of piperidine rings is 1. The minimum Gasteiger partial charge on any atom is -0.385 e. The third-order valence-corrected chi connectivity index (χ3v) is 4.91. The molecule has 5 nitrogen and oxygen atoms in total. The molecular weight excluding hydrogens is 240 g/mol. The highest BCUT2D eigenvalue weighted by atomic mass is 32.2. The van der Waals surface area contributed by atoms with E-state index in [4.69, 9.17) is 4.74 Å². The van der Waals surface area contributed by atoms with Gasteiger partial charge in [-0.15, -0.1) is 0 Å². The molecule has 1 aliphatic rings. The first-order valence-corrected chi connectivity index (χ1v) is 7.89. The summed E-state index contributed by atoms with van der Waals surface area (Å²) in [6, 6.07) is 0. The van der Waals surface area contributed by atoms with Crippen molar-refractivity contribution in [2.45, 2.75) is 37.4 Å². The molecule has 1 aliphatic heterocycles. The van der Waals surface area contributed by atoms with Crippen LogP contribution in [-0.2, 0) is 14.8 Å². The minimum atomic E-state index is -3.12. The Balaban J connectivity index is 2.15. The lowest BCUT2D eigenvalue weighted by atomic mass is 10.2. The summed E-state index contributed by atoms with van der Waals surface area (Å²) in [5.74, 6) is 0. The summed E-state index contributed by atoms with van der Waals surface area (Å²) in [7, 11) is -1.44. The number of rotatable bonds is 8. The van der Waals surface area contributed by atoms with Gasteiger partial charge < -0.3 is 10.1 Å².